The molecule has 0 spiro atoms. The van der Waals surface area contributed by atoms with E-state index in [0.717, 1.165) is 24.7 Å². The van der Waals surface area contributed by atoms with Gasteiger partial charge in [0.25, 0.3) is 0 Å². The van der Waals surface area contributed by atoms with Gasteiger partial charge in [-0.3, -0.25) is 9.67 Å². The van der Waals surface area contributed by atoms with Gasteiger partial charge >= 0.3 is 0 Å². The van der Waals surface area contributed by atoms with Gasteiger partial charge in [-0.05, 0) is 18.4 Å². The first-order chi connectivity index (χ1) is 7.78. The molecule has 1 aromatic rings. The topological polar surface area (TPSA) is 42.2 Å². The second kappa shape index (κ2) is 5.39. The first kappa shape index (κ1) is 11.5. The summed E-state index contributed by atoms with van der Waals surface area (Å²) in [6, 6.07) is 0. The molecule has 4 nitrogen and oxygen atoms in total. The lowest BCUT2D eigenvalue weighted by molar-refractivity contribution is 0.766. The van der Waals surface area contributed by atoms with Crippen molar-refractivity contribution in [2.75, 3.05) is 13.1 Å². The standard InChI is InChI=1S/C11H18N4S/c1-3-10-7-13-11(16-10)12-5-4-9-6-14-15(2)8-9/h6,8,10H,3-5,7H2,1-2H3,(H,12,13). The van der Waals surface area contributed by atoms with Crippen LogP contribution in [0.3, 0.4) is 0 Å². The third kappa shape index (κ3) is 3.01. The average molecular weight is 238 g/mol. The lowest BCUT2D eigenvalue weighted by atomic mass is 10.2. The fraction of sp³-hybridized carbons (Fsp3) is 0.636. The predicted octanol–water partition coefficient (Wildman–Crippen LogP) is 1.43. The highest BCUT2D eigenvalue weighted by molar-refractivity contribution is 8.14. The van der Waals surface area contributed by atoms with Crippen molar-refractivity contribution in [3.63, 3.8) is 0 Å². The van der Waals surface area contributed by atoms with E-state index >= 15 is 0 Å². The second-order valence-corrected chi connectivity index (χ2v) is 5.28. The molecule has 0 aliphatic carbocycles. The summed E-state index contributed by atoms with van der Waals surface area (Å²) < 4.78 is 1.84. The van der Waals surface area contributed by atoms with Crippen LogP contribution in [0, 0.1) is 0 Å². The summed E-state index contributed by atoms with van der Waals surface area (Å²) in [6.07, 6.45) is 6.17. The molecule has 0 saturated heterocycles. The van der Waals surface area contributed by atoms with Crippen LogP contribution >= 0.6 is 11.8 Å². The van der Waals surface area contributed by atoms with Crippen LogP contribution in [-0.2, 0) is 13.5 Å². The molecule has 1 unspecified atom stereocenters. The molecule has 0 bridgehead atoms. The molecule has 0 amide bonds. The van der Waals surface area contributed by atoms with Crippen molar-refractivity contribution in [1.82, 2.24) is 15.1 Å². The molecule has 0 aromatic carbocycles. The molecule has 2 heterocycles. The highest BCUT2D eigenvalue weighted by atomic mass is 32.2. The molecule has 0 fully saturated rings. The zero-order chi connectivity index (χ0) is 11.4. The molecular formula is C11H18N4S. The zero-order valence-electron chi connectivity index (χ0n) is 9.81. The molecule has 16 heavy (non-hydrogen) atoms. The molecule has 5 heteroatoms. The number of nitrogens with one attached hydrogen (secondary N) is 1. The smallest absolute Gasteiger partial charge is 0.156 e. The van der Waals surface area contributed by atoms with Crippen LogP contribution in [0.5, 0.6) is 0 Å². The van der Waals surface area contributed by atoms with E-state index in [1.165, 1.54) is 12.0 Å². The average Bonchev–Trinajstić information content (AvgIpc) is 2.88. The SMILES string of the molecule is CCC1CN=C(NCCc2cnn(C)c2)S1. The summed E-state index contributed by atoms with van der Waals surface area (Å²) in [5.41, 5.74) is 1.27. The van der Waals surface area contributed by atoms with Crippen molar-refractivity contribution in [2.45, 2.75) is 25.0 Å². The number of aryl methyl sites for hydroxylation is 1. The van der Waals surface area contributed by atoms with Crippen LogP contribution in [0.1, 0.15) is 18.9 Å². The fourth-order valence-corrected chi connectivity index (χ4v) is 2.61. The maximum Gasteiger partial charge on any atom is 0.156 e. The van der Waals surface area contributed by atoms with Crippen molar-refractivity contribution in [2.24, 2.45) is 12.0 Å². The monoisotopic (exact) mass is 238 g/mol. The highest BCUT2D eigenvalue weighted by Gasteiger charge is 2.16. The molecule has 88 valence electrons. The number of amidine groups is 1. The highest BCUT2D eigenvalue weighted by Crippen LogP contribution is 2.21. The summed E-state index contributed by atoms with van der Waals surface area (Å²) in [6.45, 7) is 4.12. The lowest BCUT2D eigenvalue weighted by Gasteiger charge is -2.05. The minimum Gasteiger partial charge on any atom is -0.365 e. The van der Waals surface area contributed by atoms with E-state index in [4.69, 9.17) is 0 Å². The Morgan fingerprint density at radius 3 is 3.12 bits per heavy atom. The minimum atomic E-state index is 0.681. The van der Waals surface area contributed by atoms with E-state index in [2.05, 4.69) is 28.5 Å². The zero-order valence-corrected chi connectivity index (χ0v) is 10.6. The van der Waals surface area contributed by atoms with Gasteiger partial charge in [-0.15, -0.1) is 0 Å². The van der Waals surface area contributed by atoms with Crippen LogP contribution in [-0.4, -0.2) is 33.3 Å². The first-order valence-corrected chi connectivity index (χ1v) is 6.58. The van der Waals surface area contributed by atoms with E-state index in [1.54, 1.807) is 0 Å². The van der Waals surface area contributed by atoms with Crippen LogP contribution in [0.4, 0.5) is 0 Å². The lowest BCUT2D eigenvalue weighted by Crippen LogP contribution is -2.22. The molecule has 1 aliphatic rings. The van der Waals surface area contributed by atoms with Crippen molar-refractivity contribution in [3.8, 4) is 0 Å². The number of rotatable bonds is 4. The molecule has 1 aliphatic heterocycles. The van der Waals surface area contributed by atoms with Crippen LogP contribution in [0.2, 0.25) is 0 Å². The Hall–Kier alpha value is -0.970. The minimum absolute atomic E-state index is 0.681. The van der Waals surface area contributed by atoms with Gasteiger partial charge < -0.3 is 5.32 Å². The third-order valence-electron chi connectivity index (χ3n) is 2.62. The molecule has 2 rings (SSSR count). The van der Waals surface area contributed by atoms with Gasteiger partial charge in [0.15, 0.2) is 5.17 Å². The Kier molecular flexibility index (Phi) is 3.88. The summed E-state index contributed by atoms with van der Waals surface area (Å²) >= 11 is 1.87. The van der Waals surface area contributed by atoms with E-state index < -0.39 is 0 Å². The van der Waals surface area contributed by atoms with Crippen molar-refractivity contribution in [1.29, 1.82) is 0 Å². The Labute approximate surface area is 101 Å². The Morgan fingerprint density at radius 2 is 2.50 bits per heavy atom. The van der Waals surface area contributed by atoms with Gasteiger partial charge in [0.2, 0.25) is 0 Å². The van der Waals surface area contributed by atoms with Crippen molar-refractivity contribution in [3.05, 3.63) is 18.0 Å². The van der Waals surface area contributed by atoms with E-state index in [1.807, 2.05) is 29.7 Å². The molecular weight excluding hydrogens is 220 g/mol. The van der Waals surface area contributed by atoms with Crippen LogP contribution in [0.25, 0.3) is 0 Å². The maximum atomic E-state index is 4.47. The summed E-state index contributed by atoms with van der Waals surface area (Å²) in [5, 5.41) is 9.31. The van der Waals surface area contributed by atoms with Gasteiger partial charge in [-0.2, -0.15) is 5.10 Å². The number of nitrogens with zero attached hydrogens (tertiary/aromatic N) is 3. The number of hydrogen-bond acceptors (Lipinski definition) is 4. The van der Waals surface area contributed by atoms with Gasteiger partial charge in [0, 0.05) is 25.0 Å². The fourth-order valence-electron chi connectivity index (χ4n) is 1.64. The molecule has 1 N–H and O–H groups in total. The molecule has 0 radical (unpaired) electrons. The number of thioether (sulfide) groups is 1. The number of aliphatic imine (C=N–C) groups is 1. The second-order valence-electron chi connectivity index (χ2n) is 3.99. The van der Waals surface area contributed by atoms with Gasteiger partial charge in [-0.1, -0.05) is 18.7 Å². The normalized spacial score (nSPS) is 19.9. The van der Waals surface area contributed by atoms with Crippen molar-refractivity contribution >= 4 is 16.9 Å². The van der Waals surface area contributed by atoms with Gasteiger partial charge in [0.05, 0.1) is 12.7 Å². The molecule has 0 saturated carbocycles. The van der Waals surface area contributed by atoms with Crippen molar-refractivity contribution < 1.29 is 0 Å². The number of aromatic nitrogens is 2. The Morgan fingerprint density at radius 1 is 1.62 bits per heavy atom. The van der Waals surface area contributed by atoms with Crippen LogP contribution in [0.15, 0.2) is 17.4 Å². The van der Waals surface area contributed by atoms with Gasteiger partial charge in [0.1, 0.15) is 0 Å². The van der Waals surface area contributed by atoms with E-state index in [0.29, 0.717) is 5.25 Å². The maximum absolute atomic E-state index is 4.47. The Bertz CT molecular complexity index is 372. The first-order valence-electron chi connectivity index (χ1n) is 5.70. The predicted molar refractivity (Wildman–Crippen MR) is 68.9 cm³/mol. The summed E-state index contributed by atoms with van der Waals surface area (Å²) in [4.78, 5) is 4.47. The van der Waals surface area contributed by atoms with Crippen LogP contribution < -0.4 is 5.32 Å². The molecule has 1 aromatic heterocycles. The number of hydrogen-bond donors (Lipinski definition) is 1. The summed E-state index contributed by atoms with van der Waals surface area (Å²) in [5.74, 6) is 0. The van der Waals surface area contributed by atoms with E-state index in [-0.39, 0.29) is 0 Å². The summed E-state index contributed by atoms with van der Waals surface area (Å²) in [7, 11) is 1.94. The quantitative estimate of drug-likeness (QED) is 0.863. The molecule has 1 atom stereocenters. The third-order valence-corrected chi connectivity index (χ3v) is 3.93. The van der Waals surface area contributed by atoms with Gasteiger partial charge in [-0.25, -0.2) is 0 Å². The van der Waals surface area contributed by atoms with E-state index in [9.17, 15) is 0 Å². The largest absolute Gasteiger partial charge is 0.365 e. The Balaban J connectivity index is 1.69.